The average Bonchev–Trinajstić information content (AvgIpc) is 2.20. The van der Waals surface area contributed by atoms with E-state index in [0.29, 0.717) is 0 Å². The van der Waals surface area contributed by atoms with Crippen molar-refractivity contribution in [3.05, 3.63) is 12.0 Å². The van der Waals surface area contributed by atoms with E-state index < -0.39 is 0 Å². The highest BCUT2D eigenvalue weighted by molar-refractivity contribution is 4.95. The van der Waals surface area contributed by atoms with Gasteiger partial charge >= 0.3 is 0 Å². The second-order valence-electron chi connectivity index (χ2n) is 1.72. The highest BCUT2D eigenvalue weighted by Crippen LogP contribution is 2.01. The number of allylic oxidation sites excluding steroid dienone is 1. The first kappa shape index (κ1) is 8.34. The Kier molecular flexibility index (Phi) is 3.93. The van der Waals surface area contributed by atoms with Gasteiger partial charge in [0.15, 0.2) is 6.23 Å². The van der Waals surface area contributed by atoms with Crippen molar-refractivity contribution in [2.24, 2.45) is 0 Å². The molecule has 0 bridgehead atoms. The van der Waals surface area contributed by atoms with Crippen molar-refractivity contribution >= 4 is 0 Å². The number of hydrogen-bond donors (Lipinski definition) is 1. The Balaban J connectivity index is 0.000000291. The van der Waals surface area contributed by atoms with Gasteiger partial charge in [0.05, 0.1) is 0 Å². The van der Waals surface area contributed by atoms with Crippen molar-refractivity contribution in [2.75, 3.05) is 0 Å². The van der Waals surface area contributed by atoms with Gasteiger partial charge in [-0.2, -0.15) is 0 Å². The van der Waals surface area contributed by atoms with Gasteiger partial charge in [0, 0.05) is 5.70 Å². The van der Waals surface area contributed by atoms with Crippen LogP contribution in [0.15, 0.2) is 12.0 Å². The lowest BCUT2D eigenvalue weighted by atomic mass is 10.5. The summed E-state index contributed by atoms with van der Waals surface area (Å²) >= 11 is 0. The molecule has 54 valence electrons. The van der Waals surface area contributed by atoms with Crippen LogP contribution in [0.4, 0.5) is 0 Å². The summed E-state index contributed by atoms with van der Waals surface area (Å²) in [6.45, 7) is 7.94. The highest BCUT2D eigenvalue weighted by Gasteiger charge is 2.04. The van der Waals surface area contributed by atoms with E-state index in [-0.39, 0.29) is 6.23 Å². The summed E-state index contributed by atoms with van der Waals surface area (Å²) in [6, 6.07) is 0. The average molecular weight is 129 g/mol. The molecule has 1 rings (SSSR count). The topological polar surface area (TPSA) is 21.3 Å². The third kappa shape index (κ3) is 3.01. The lowest BCUT2D eigenvalue weighted by molar-refractivity contribution is 0.170. The van der Waals surface area contributed by atoms with E-state index in [0.717, 1.165) is 5.70 Å². The number of rotatable bonds is 0. The summed E-state index contributed by atoms with van der Waals surface area (Å²) in [6.07, 6.45) is 1.91. The Morgan fingerprint density at radius 1 is 1.56 bits per heavy atom. The zero-order valence-corrected chi connectivity index (χ0v) is 6.56. The van der Waals surface area contributed by atoms with E-state index in [9.17, 15) is 0 Å². The van der Waals surface area contributed by atoms with E-state index in [1.165, 1.54) is 0 Å². The van der Waals surface area contributed by atoms with Crippen molar-refractivity contribution < 1.29 is 4.74 Å². The van der Waals surface area contributed by atoms with Crippen LogP contribution in [0.5, 0.6) is 0 Å². The Morgan fingerprint density at radius 3 is 2.22 bits per heavy atom. The minimum absolute atomic E-state index is 0.181. The Hall–Kier alpha value is -0.660. The summed E-state index contributed by atoms with van der Waals surface area (Å²) in [4.78, 5) is 0. The van der Waals surface area contributed by atoms with Crippen LogP contribution in [-0.2, 0) is 4.74 Å². The molecule has 2 heteroatoms. The molecule has 0 radical (unpaired) electrons. The molecule has 1 heterocycles. The molecule has 1 aliphatic heterocycles. The number of hydrogen-bond acceptors (Lipinski definition) is 2. The van der Waals surface area contributed by atoms with Crippen LogP contribution in [-0.4, -0.2) is 6.23 Å². The molecule has 1 atom stereocenters. The van der Waals surface area contributed by atoms with Gasteiger partial charge in [-0.15, -0.1) is 0 Å². The van der Waals surface area contributed by atoms with Gasteiger partial charge in [0.25, 0.3) is 0 Å². The van der Waals surface area contributed by atoms with Crippen molar-refractivity contribution in [1.82, 2.24) is 5.32 Å². The standard InChI is InChI=1S/C5H9NO.C2H6/c1-4-3-7-5(2)6-4;1-2/h3,5-6H,1-2H3;1-2H3. The first-order valence-electron chi connectivity index (χ1n) is 3.38. The fraction of sp³-hybridized carbons (Fsp3) is 0.714. The SMILES string of the molecule is CC.CC1=COC(C)N1. The summed E-state index contributed by atoms with van der Waals surface area (Å²) < 4.78 is 4.99. The number of ether oxygens (including phenoxy) is 1. The molecule has 0 aromatic heterocycles. The van der Waals surface area contributed by atoms with Gasteiger partial charge < -0.3 is 10.1 Å². The molecule has 0 aliphatic carbocycles. The maximum absolute atomic E-state index is 4.99. The van der Waals surface area contributed by atoms with Crippen LogP contribution < -0.4 is 5.32 Å². The zero-order valence-electron chi connectivity index (χ0n) is 6.56. The maximum Gasteiger partial charge on any atom is 0.166 e. The van der Waals surface area contributed by atoms with Gasteiger partial charge in [-0.3, -0.25) is 0 Å². The molecule has 0 fully saturated rings. The molecule has 0 spiro atoms. The smallest absolute Gasteiger partial charge is 0.166 e. The first-order chi connectivity index (χ1) is 4.29. The van der Waals surface area contributed by atoms with E-state index in [2.05, 4.69) is 5.32 Å². The van der Waals surface area contributed by atoms with Crippen molar-refractivity contribution in [2.45, 2.75) is 33.9 Å². The van der Waals surface area contributed by atoms with Crippen LogP contribution in [0.25, 0.3) is 0 Å². The zero-order chi connectivity index (χ0) is 7.28. The summed E-state index contributed by atoms with van der Waals surface area (Å²) in [5.41, 5.74) is 1.10. The lowest BCUT2D eigenvalue weighted by Gasteiger charge is -2.01. The second kappa shape index (κ2) is 4.24. The second-order valence-corrected chi connectivity index (χ2v) is 1.72. The predicted molar refractivity (Wildman–Crippen MR) is 38.8 cm³/mol. The molecule has 9 heavy (non-hydrogen) atoms. The van der Waals surface area contributed by atoms with Crippen LogP contribution in [0.1, 0.15) is 27.7 Å². The third-order valence-electron chi connectivity index (χ3n) is 0.880. The fourth-order valence-electron chi connectivity index (χ4n) is 0.593. The normalized spacial score (nSPS) is 22.7. The molecular weight excluding hydrogens is 114 g/mol. The molecule has 2 nitrogen and oxygen atoms in total. The van der Waals surface area contributed by atoms with E-state index in [4.69, 9.17) is 4.74 Å². The summed E-state index contributed by atoms with van der Waals surface area (Å²) in [5.74, 6) is 0. The van der Waals surface area contributed by atoms with Gasteiger partial charge in [-0.25, -0.2) is 0 Å². The van der Waals surface area contributed by atoms with Crippen LogP contribution in [0, 0.1) is 0 Å². The van der Waals surface area contributed by atoms with Gasteiger partial charge in [-0.1, -0.05) is 13.8 Å². The molecule has 0 amide bonds. The predicted octanol–water partition coefficient (Wildman–Crippen LogP) is 1.84. The summed E-state index contributed by atoms with van der Waals surface area (Å²) in [7, 11) is 0. The fourth-order valence-corrected chi connectivity index (χ4v) is 0.593. The Labute approximate surface area is 56.9 Å². The molecule has 1 aliphatic rings. The van der Waals surface area contributed by atoms with Gasteiger partial charge in [0.2, 0.25) is 0 Å². The van der Waals surface area contributed by atoms with Crippen LogP contribution in [0.3, 0.4) is 0 Å². The minimum atomic E-state index is 0.181. The molecule has 0 aromatic rings. The van der Waals surface area contributed by atoms with E-state index in [1.54, 1.807) is 6.26 Å². The lowest BCUT2D eigenvalue weighted by Crippen LogP contribution is -2.18. The molecule has 0 aromatic carbocycles. The maximum atomic E-state index is 4.99. The first-order valence-corrected chi connectivity index (χ1v) is 3.38. The van der Waals surface area contributed by atoms with Gasteiger partial charge in [-0.05, 0) is 13.8 Å². The summed E-state index contributed by atoms with van der Waals surface area (Å²) in [5, 5.41) is 3.06. The van der Waals surface area contributed by atoms with Crippen LogP contribution >= 0.6 is 0 Å². The van der Waals surface area contributed by atoms with E-state index >= 15 is 0 Å². The quantitative estimate of drug-likeness (QED) is 0.539. The Morgan fingerprint density at radius 2 is 2.11 bits per heavy atom. The largest absolute Gasteiger partial charge is 0.477 e. The van der Waals surface area contributed by atoms with E-state index in [1.807, 2.05) is 27.7 Å². The minimum Gasteiger partial charge on any atom is -0.477 e. The third-order valence-corrected chi connectivity index (χ3v) is 0.880. The van der Waals surface area contributed by atoms with Crippen molar-refractivity contribution in [1.29, 1.82) is 0 Å². The van der Waals surface area contributed by atoms with Crippen molar-refractivity contribution in [3.63, 3.8) is 0 Å². The molecular formula is C7H15NO. The molecule has 1 N–H and O–H groups in total. The Bertz CT molecular complexity index is 99.1. The monoisotopic (exact) mass is 129 g/mol. The highest BCUT2D eigenvalue weighted by atomic mass is 16.5. The molecule has 0 saturated carbocycles. The van der Waals surface area contributed by atoms with Crippen molar-refractivity contribution in [3.8, 4) is 0 Å². The number of nitrogens with one attached hydrogen (secondary N) is 1. The van der Waals surface area contributed by atoms with Gasteiger partial charge in [0.1, 0.15) is 6.26 Å². The molecule has 1 unspecified atom stereocenters. The molecule has 0 saturated heterocycles. The van der Waals surface area contributed by atoms with Crippen LogP contribution in [0.2, 0.25) is 0 Å².